The van der Waals surface area contributed by atoms with Crippen molar-refractivity contribution in [3.63, 3.8) is 0 Å². The van der Waals surface area contributed by atoms with Crippen LogP contribution in [0.1, 0.15) is 31.2 Å². The normalized spacial score (nSPS) is 24.8. The molecule has 1 fully saturated rings. The van der Waals surface area contributed by atoms with E-state index >= 15 is 0 Å². The number of hydrogen-bond acceptors (Lipinski definition) is 1. The standard InChI is InChI=1S/C14H19ClFN/c15-13-7-5-11(6-8-13)9-17-10-12-3-1-2-4-14(12)16/h1-4,11,13,17H,5-10H2. The first-order chi connectivity index (χ1) is 8.25. The molecule has 0 saturated heterocycles. The molecule has 1 aromatic rings. The highest BCUT2D eigenvalue weighted by Gasteiger charge is 2.18. The van der Waals surface area contributed by atoms with Crippen LogP contribution in [0.5, 0.6) is 0 Å². The van der Waals surface area contributed by atoms with Gasteiger partial charge in [0.15, 0.2) is 0 Å². The van der Waals surface area contributed by atoms with E-state index in [1.807, 2.05) is 12.1 Å². The van der Waals surface area contributed by atoms with Crippen molar-refractivity contribution >= 4 is 11.6 Å². The van der Waals surface area contributed by atoms with E-state index in [0.717, 1.165) is 24.9 Å². The topological polar surface area (TPSA) is 12.0 Å². The summed E-state index contributed by atoms with van der Waals surface area (Å²) in [7, 11) is 0. The van der Waals surface area contributed by atoms with Gasteiger partial charge in [0, 0.05) is 17.5 Å². The van der Waals surface area contributed by atoms with Crippen molar-refractivity contribution in [1.82, 2.24) is 5.32 Å². The molecule has 3 heteroatoms. The SMILES string of the molecule is Fc1ccccc1CNCC1CCC(Cl)CC1. The maximum absolute atomic E-state index is 13.3. The lowest BCUT2D eigenvalue weighted by Crippen LogP contribution is -2.26. The van der Waals surface area contributed by atoms with E-state index in [4.69, 9.17) is 11.6 Å². The van der Waals surface area contributed by atoms with Crippen molar-refractivity contribution < 1.29 is 4.39 Å². The van der Waals surface area contributed by atoms with Crippen molar-refractivity contribution in [2.45, 2.75) is 37.6 Å². The van der Waals surface area contributed by atoms with Crippen molar-refractivity contribution in [1.29, 1.82) is 0 Å². The van der Waals surface area contributed by atoms with Crippen LogP contribution in [0.25, 0.3) is 0 Å². The van der Waals surface area contributed by atoms with Crippen LogP contribution in [0.15, 0.2) is 24.3 Å². The second-order valence-corrected chi connectivity index (χ2v) is 5.46. The zero-order valence-corrected chi connectivity index (χ0v) is 10.7. The predicted octanol–water partition coefficient (Wildman–Crippen LogP) is 3.71. The fraction of sp³-hybridized carbons (Fsp3) is 0.571. The van der Waals surface area contributed by atoms with Crippen molar-refractivity contribution in [2.75, 3.05) is 6.54 Å². The summed E-state index contributed by atoms with van der Waals surface area (Å²) in [6.45, 7) is 1.59. The lowest BCUT2D eigenvalue weighted by Gasteiger charge is -2.25. The monoisotopic (exact) mass is 255 g/mol. The molecular formula is C14H19ClFN. The molecule has 94 valence electrons. The second kappa shape index (κ2) is 6.36. The molecule has 17 heavy (non-hydrogen) atoms. The first-order valence-corrected chi connectivity index (χ1v) is 6.77. The van der Waals surface area contributed by atoms with Gasteiger partial charge in [-0.05, 0) is 44.2 Å². The number of nitrogens with one attached hydrogen (secondary N) is 1. The quantitative estimate of drug-likeness (QED) is 0.809. The highest BCUT2D eigenvalue weighted by molar-refractivity contribution is 6.20. The Bertz CT molecular complexity index is 348. The predicted molar refractivity (Wildman–Crippen MR) is 69.7 cm³/mol. The molecule has 0 heterocycles. The molecule has 1 N–H and O–H groups in total. The second-order valence-electron chi connectivity index (χ2n) is 4.84. The lowest BCUT2D eigenvalue weighted by molar-refractivity contribution is 0.345. The third-order valence-corrected chi connectivity index (χ3v) is 3.92. The number of alkyl halides is 1. The van der Waals surface area contributed by atoms with Crippen LogP contribution in [-0.2, 0) is 6.54 Å². The minimum atomic E-state index is -0.121. The Morgan fingerprint density at radius 2 is 1.88 bits per heavy atom. The van der Waals surface area contributed by atoms with Gasteiger partial charge in [-0.15, -0.1) is 11.6 Å². The molecule has 0 atom stereocenters. The number of halogens is 2. The number of hydrogen-bond donors (Lipinski definition) is 1. The van der Waals surface area contributed by atoms with Gasteiger partial charge in [0.2, 0.25) is 0 Å². The zero-order valence-electron chi connectivity index (χ0n) is 9.96. The minimum Gasteiger partial charge on any atom is -0.312 e. The van der Waals surface area contributed by atoms with E-state index in [1.54, 1.807) is 6.07 Å². The Morgan fingerprint density at radius 1 is 1.18 bits per heavy atom. The van der Waals surface area contributed by atoms with E-state index in [-0.39, 0.29) is 5.82 Å². The van der Waals surface area contributed by atoms with E-state index in [0.29, 0.717) is 17.8 Å². The molecule has 0 aromatic heterocycles. The van der Waals surface area contributed by atoms with E-state index in [2.05, 4.69) is 5.32 Å². The van der Waals surface area contributed by atoms with E-state index in [9.17, 15) is 4.39 Å². The lowest BCUT2D eigenvalue weighted by atomic mass is 9.89. The maximum Gasteiger partial charge on any atom is 0.127 e. The number of rotatable bonds is 4. The van der Waals surface area contributed by atoms with Crippen LogP contribution in [0.4, 0.5) is 4.39 Å². The summed E-state index contributed by atoms with van der Waals surface area (Å²) in [6.07, 6.45) is 4.62. The van der Waals surface area contributed by atoms with E-state index in [1.165, 1.54) is 18.9 Å². The molecule has 0 radical (unpaired) electrons. The van der Waals surface area contributed by atoms with Gasteiger partial charge >= 0.3 is 0 Å². The fourth-order valence-electron chi connectivity index (χ4n) is 2.38. The molecule has 0 spiro atoms. The van der Waals surface area contributed by atoms with Crippen LogP contribution < -0.4 is 5.32 Å². The van der Waals surface area contributed by atoms with Gasteiger partial charge in [-0.3, -0.25) is 0 Å². The summed E-state index contributed by atoms with van der Waals surface area (Å²) >= 11 is 6.06. The van der Waals surface area contributed by atoms with Gasteiger partial charge in [0.05, 0.1) is 0 Å². The highest BCUT2D eigenvalue weighted by Crippen LogP contribution is 2.27. The Hall–Kier alpha value is -0.600. The largest absolute Gasteiger partial charge is 0.312 e. The summed E-state index contributed by atoms with van der Waals surface area (Å²) in [5, 5.41) is 3.72. The van der Waals surface area contributed by atoms with Gasteiger partial charge in [-0.25, -0.2) is 4.39 Å². The first-order valence-electron chi connectivity index (χ1n) is 6.34. The highest BCUT2D eigenvalue weighted by atomic mass is 35.5. The molecule has 0 aliphatic heterocycles. The molecule has 1 nitrogen and oxygen atoms in total. The third-order valence-electron chi connectivity index (χ3n) is 3.48. The molecular weight excluding hydrogens is 237 g/mol. The average Bonchev–Trinajstić information content (AvgIpc) is 2.34. The Labute approximate surface area is 107 Å². The summed E-state index contributed by atoms with van der Waals surface area (Å²) in [4.78, 5) is 0. The molecule has 2 rings (SSSR count). The fourth-order valence-corrected chi connectivity index (χ4v) is 2.63. The molecule has 1 aliphatic rings. The molecule has 1 aromatic carbocycles. The Morgan fingerprint density at radius 3 is 2.59 bits per heavy atom. The van der Waals surface area contributed by atoms with Gasteiger partial charge in [0.1, 0.15) is 5.82 Å². The Kier molecular flexibility index (Phi) is 4.81. The minimum absolute atomic E-state index is 0.121. The van der Waals surface area contributed by atoms with Crippen LogP contribution in [0, 0.1) is 11.7 Å². The van der Waals surface area contributed by atoms with Gasteiger partial charge in [-0.2, -0.15) is 0 Å². The zero-order chi connectivity index (χ0) is 12.1. The van der Waals surface area contributed by atoms with Crippen LogP contribution in [-0.4, -0.2) is 11.9 Å². The summed E-state index contributed by atoms with van der Waals surface area (Å²) in [5.41, 5.74) is 0.749. The molecule has 0 unspecified atom stereocenters. The maximum atomic E-state index is 13.3. The van der Waals surface area contributed by atoms with Crippen LogP contribution in [0.2, 0.25) is 0 Å². The van der Waals surface area contributed by atoms with Gasteiger partial charge in [0.25, 0.3) is 0 Å². The first kappa shape index (κ1) is 12.8. The average molecular weight is 256 g/mol. The van der Waals surface area contributed by atoms with Crippen LogP contribution >= 0.6 is 11.6 Å². The summed E-state index contributed by atoms with van der Waals surface area (Å²) < 4.78 is 13.3. The van der Waals surface area contributed by atoms with Crippen molar-refractivity contribution in [3.8, 4) is 0 Å². The van der Waals surface area contributed by atoms with E-state index < -0.39 is 0 Å². The van der Waals surface area contributed by atoms with Crippen LogP contribution in [0.3, 0.4) is 0 Å². The molecule has 1 saturated carbocycles. The smallest absolute Gasteiger partial charge is 0.127 e. The summed E-state index contributed by atoms with van der Waals surface area (Å²) in [5.74, 6) is 0.584. The van der Waals surface area contributed by atoms with Gasteiger partial charge < -0.3 is 5.32 Å². The Balaban J connectivity index is 1.71. The van der Waals surface area contributed by atoms with Crippen molar-refractivity contribution in [3.05, 3.63) is 35.6 Å². The van der Waals surface area contributed by atoms with Gasteiger partial charge in [-0.1, -0.05) is 18.2 Å². The molecule has 1 aliphatic carbocycles. The van der Waals surface area contributed by atoms with Crippen molar-refractivity contribution in [2.24, 2.45) is 5.92 Å². The molecule has 0 amide bonds. The molecule has 0 bridgehead atoms. The number of benzene rings is 1. The summed E-state index contributed by atoms with van der Waals surface area (Å²) in [6, 6.07) is 6.94. The third kappa shape index (κ3) is 3.97.